The summed E-state index contributed by atoms with van der Waals surface area (Å²) in [6.45, 7) is 5.64. The minimum Gasteiger partial charge on any atom is -0.391 e. The van der Waals surface area contributed by atoms with Crippen molar-refractivity contribution in [3.63, 3.8) is 0 Å². The van der Waals surface area contributed by atoms with Crippen molar-refractivity contribution < 1.29 is 29.1 Å². The molecule has 1 heterocycles. The predicted molar refractivity (Wildman–Crippen MR) is 119 cm³/mol. The molecule has 0 radical (unpaired) electrons. The third kappa shape index (κ3) is 8.68. The van der Waals surface area contributed by atoms with Crippen LogP contribution < -0.4 is 10.6 Å². The van der Waals surface area contributed by atoms with Gasteiger partial charge in [0.2, 0.25) is 5.91 Å². The number of carbonyl (C=O) groups excluding carboxylic acids is 5. The van der Waals surface area contributed by atoms with Gasteiger partial charge in [0, 0.05) is 13.0 Å². The Morgan fingerprint density at radius 3 is 2.03 bits per heavy atom. The largest absolute Gasteiger partial charge is 0.391 e. The van der Waals surface area contributed by atoms with Gasteiger partial charge in [-0.1, -0.05) is 12.1 Å². The van der Waals surface area contributed by atoms with Gasteiger partial charge in [0.25, 0.3) is 11.8 Å². The number of amides is 3. The summed E-state index contributed by atoms with van der Waals surface area (Å²) in [5.41, 5.74) is 0.0427. The first-order chi connectivity index (χ1) is 15.0. The number of hydrogen-bond acceptors (Lipinski definition) is 7. The maximum atomic E-state index is 12.4. The highest BCUT2D eigenvalue weighted by molar-refractivity contribution is 6.22. The van der Waals surface area contributed by atoms with Crippen LogP contribution in [-0.4, -0.2) is 71.6 Å². The van der Waals surface area contributed by atoms with E-state index in [-0.39, 0.29) is 35.9 Å². The normalized spacial score (nSPS) is 14.7. The van der Waals surface area contributed by atoms with Crippen LogP contribution in [0.3, 0.4) is 0 Å². The summed E-state index contributed by atoms with van der Waals surface area (Å²) in [4.78, 5) is 59.8. The van der Waals surface area contributed by atoms with E-state index in [0.717, 1.165) is 11.2 Å². The molecule has 9 heteroatoms. The number of aliphatic hydroxyl groups is 1. The first-order valence-corrected chi connectivity index (χ1v) is 10.6. The van der Waals surface area contributed by atoms with Gasteiger partial charge in [0.1, 0.15) is 12.6 Å². The summed E-state index contributed by atoms with van der Waals surface area (Å²) < 4.78 is 0. The number of imide groups is 1. The van der Waals surface area contributed by atoms with Crippen LogP contribution in [0, 0.1) is 0 Å². The van der Waals surface area contributed by atoms with E-state index >= 15 is 0 Å². The van der Waals surface area contributed by atoms with Gasteiger partial charge in [-0.2, -0.15) is 0 Å². The number of rotatable bonds is 11. The fourth-order valence-corrected chi connectivity index (χ4v) is 2.96. The van der Waals surface area contributed by atoms with Crippen LogP contribution in [0.2, 0.25) is 0 Å². The molecule has 1 aliphatic rings. The Morgan fingerprint density at radius 2 is 1.59 bits per heavy atom. The zero-order valence-corrected chi connectivity index (χ0v) is 19.1. The van der Waals surface area contributed by atoms with Crippen LogP contribution in [0.1, 0.15) is 67.2 Å². The second-order valence-corrected chi connectivity index (χ2v) is 8.46. The molecule has 32 heavy (non-hydrogen) atoms. The summed E-state index contributed by atoms with van der Waals surface area (Å²) in [7, 11) is 1.69. The van der Waals surface area contributed by atoms with E-state index in [1.807, 2.05) is 0 Å². The number of nitrogens with one attached hydrogen (secondary N) is 2. The Labute approximate surface area is 188 Å². The fraction of sp³-hybridized carbons (Fsp3) is 0.522. The van der Waals surface area contributed by atoms with Gasteiger partial charge in [-0.25, -0.2) is 0 Å². The molecule has 0 fully saturated rings. The Balaban J connectivity index is 0.000000920. The molecule has 2 atom stereocenters. The second-order valence-electron chi connectivity index (χ2n) is 8.46. The minimum atomic E-state index is -0.980. The third-order valence-corrected chi connectivity index (χ3v) is 4.53. The van der Waals surface area contributed by atoms with Crippen molar-refractivity contribution in [3.05, 3.63) is 35.4 Å². The standard InChI is InChI=1S/C19H23N3O5.C4H10O/c1-20-13(11-23)5-4-10-21-17(25)9-8-14(12-24)22-18(26)15-6-2-3-7-16(15)19(22)27;1-4(2,3)5/h2-3,6-7,11-14,20H,4-5,8-10H2,1H3,(H,21,25);5H,1-3H3. The number of hydrogen-bond donors (Lipinski definition) is 3. The molecule has 1 aromatic rings. The Bertz CT molecular complexity index is 777. The van der Waals surface area contributed by atoms with E-state index in [4.69, 9.17) is 5.11 Å². The highest BCUT2D eigenvalue weighted by Crippen LogP contribution is 2.25. The predicted octanol–water partition coefficient (Wildman–Crippen LogP) is 1.09. The third-order valence-electron chi connectivity index (χ3n) is 4.53. The van der Waals surface area contributed by atoms with Crippen molar-refractivity contribution >= 4 is 30.3 Å². The minimum absolute atomic E-state index is 0.0138. The molecule has 0 aliphatic carbocycles. The number of likely N-dealkylation sites (N-methyl/N-ethyl adjacent to an activating group) is 1. The SMILES string of the molecule is CC(C)(C)O.CNC(C=O)CCCNC(=O)CCC(C=O)N1C(=O)c2ccccc2C1=O. The molecular formula is C23H33N3O6. The van der Waals surface area contributed by atoms with E-state index in [9.17, 15) is 24.0 Å². The molecule has 3 N–H and O–H groups in total. The van der Waals surface area contributed by atoms with Crippen LogP contribution in [0.5, 0.6) is 0 Å². The summed E-state index contributed by atoms with van der Waals surface area (Å²) in [6, 6.07) is 5.17. The van der Waals surface area contributed by atoms with Gasteiger partial charge in [-0.05, 0) is 59.2 Å². The molecule has 0 aromatic heterocycles. The monoisotopic (exact) mass is 447 g/mol. The van der Waals surface area contributed by atoms with Gasteiger partial charge in [-0.3, -0.25) is 19.3 Å². The van der Waals surface area contributed by atoms with Crippen molar-refractivity contribution in [2.45, 2.75) is 64.1 Å². The van der Waals surface area contributed by atoms with E-state index < -0.39 is 23.5 Å². The number of aldehydes is 2. The molecule has 3 amide bonds. The molecule has 0 bridgehead atoms. The van der Waals surface area contributed by atoms with Crippen LogP contribution >= 0.6 is 0 Å². The summed E-state index contributed by atoms with van der Waals surface area (Å²) >= 11 is 0. The molecule has 176 valence electrons. The van der Waals surface area contributed by atoms with Crippen molar-refractivity contribution in [1.29, 1.82) is 0 Å². The topological polar surface area (TPSA) is 133 Å². The lowest BCUT2D eigenvalue weighted by Crippen LogP contribution is -2.41. The summed E-state index contributed by atoms with van der Waals surface area (Å²) in [6.07, 6.45) is 2.65. The van der Waals surface area contributed by atoms with E-state index in [2.05, 4.69) is 10.6 Å². The Kier molecular flexibility index (Phi) is 10.9. The average molecular weight is 448 g/mol. The molecule has 1 aromatic carbocycles. The smallest absolute Gasteiger partial charge is 0.262 e. The molecule has 9 nitrogen and oxygen atoms in total. The van der Waals surface area contributed by atoms with Crippen molar-refractivity contribution in [3.8, 4) is 0 Å². The lowest BCUT2D eigenvalue weighted by atomic mass is 10.1. The van der Waals surface area contributed by atoms with Crippen LogP contribution in [-0.2, 0) is 14.4 Å². The highest BCUT2D eigenvalue weighted by Gasteiger charge is 2.39. The molecule has 2 rings (SSSR count). The summed E-state index contributed by atoms with van der Waals surface area (Å²) in [5.74, 6) is -1.30. The first-order valence-electron chi connectivity index (χ1n) is 10.6. The second kappa shape index (κ2) is 12.8. The number of nitrogens with zero attached hydrogens (tertiary/aromatic N) is 1. The van der Waals surface area contributed by atoms with Crippen LogP contribution in [0.25, 0.3) is 0 Å². The van der Waals surface area contributed by atoms with Gasteiger partial charge in [-0.15, -0.1) is 0 Å². The molecule has 2 unspecified atom stereocenters. The van der Waals surface area contributed by atoms with E-state index in [1.54, 1.807) is 52.1 Å². The fourth-order valence-electron chi connectivity index (χ4n) is 2.96. The maximum Gasteiger partial charge on any atom is 0.262 e. The Morgan fingerprint density at radius 1 is 1.06 bits per heavy atom. The summed E-state index contributed by atoms with van der Waals surface area (Å²) in [5, 5.41) is 14.1. The zero-order chi connectivity index (χ0) is 24.3. The van der Waals surface area contributed by atoms with Gasteiger partial charge in [0.05, 0.1) is 28.8 Å². The van der Waals surface area contributed by atoms with Gasteiger partial charge >= 0.3 is 0 Å². The van der Waals surface area contributed by atoms with E-state index in [1.165, 1.54) is 0 Å². The molecule has 0 saturated heterocycles. The quantitative estimate of drug-likeness (QED) is 0.263. The maximum absolute atomic E-state index is 12.4. The van der Waals surface area contributed by atoms with Gasteiger partial charge in [0.15, 0.2) is 0 Å². The number of fused-ring (bicyclic) bond motifs is 1. The number of benzene rings is 1. The van der Waals surface area contributed by atoms with Gasteiger partial charge < -0.3 is 25.3 Å². The molecule has 0 saturated carbocycles. The lowest BCUT2D eigenvalue weighted by molar-refractivity contribution is -0.121. The highest BCUT2D eigenvalue weighted by atomic mass is 16.3. The van der Waals surface area contributed by atoms with E-state index in [0.29, 0.717) is 25.7 Å². The average Bonchev–Trinajstić information content (AvgIpc) is 2.99. The molecule has 0 spiro atoms. The zero-order valence-electron chi connectivity index (χ0n) is 19.1. The molecular weight excluding hydrogens is 414 g/mol. The number of carbonyl (C=O) groups is 5. The van der Waals surface area contributed by atoms with Crippen LogP contribution in [0.4, 0.5) is 0 Å². The Hall–Kier alpha value is -2.91. The first kappa shape index (κ1) is 27.1. The molecule has 1 aliphatic heterocycles. The lowest BCUT2D eigenvalue weighted by Gasteiger charge is -2.21. The van der Waals surface area contributed by atoms with Crippen LogP contribution in [0.15, 0.2) is 24.3 Å². The van der Waals surface area contributed by atoms with Crippen molar-refractivity contribution in [2.24, 2.45) is 0 Å². The van der Waals surface area contributed by atoms with Crippen molar-refractivity contribution in [2.75, 3.05) is 13.6 Å². The van der Waals surface area contributed by atoms with Crippen molar-refractivity contribution in [1.82, 2.24) is 15.5 Å².